The molecule has 1 aliphatic carbocycles. The van der Waals surface area contributed by atoms with Gasteiger partial charge in [-0.3, -0.25) is 9.59 Å². The molecule has 2 aromatic carbocycles. The van der Waals surface area contributed by atoms with E-state index in [1.54, 1.807) is 31.3 Å². The van der Waals surface area contributed by atoms with Crippen LogP contribution >= 0.6 is 11.8 Å². The fourth-order valence-corrected chi connectivity index (χ4v) is 6.50. The van der Waals surface area contributed by atoms with Crippen LogP contribution in [-0.4, -0.2) is 57.9 Å². The van der Waals surface area contributed by atoms with Gasteiger partial charge in [-0.2, -0.15) is 13.2 Å². The quantitative estimate of drug-likeness (QED) is 0.408. The molecule has 0 aromatic heterocycles. The first-order valence-electron chi connectivity index (χ1n) is 11.7. The number of rotatable bonds is 9. The van der Waals surface area contributed by atoms with Crippen LogP contribution < -0.4 is 16.0 Å². The Kier molecular flexibility index (Phi) is 9.65. The number of amides is 2. The minimum atomic E-state index is -4.59. The van der Waals surface area contributed by atoms with Crippen molar-refractivity contribution in [3.8, 4) is 0 Å². The number of sulfone groups is 1. The SMILES string of the molecule is CN[C@@H]1CC[C@H](NC(=O)CNC(=O)c2cccc(C(F)(F)F)c2)[C@H](CS(=O)(=O)c2ccc(SC)cc2)C1. The van der Waals surface area contributed by atoms with Crippen LogP contribution in [0.1, 0.15) is 35.2 Å². The number of carbonyl (C=O) groups is 2. The number of carbonyl (C=O) groups excluding carboxylic acids is 2. The number of alkyl halides is 3. The predicted molar refractivity (Wildman–Crippen MR) is 136 cm³/mol. The molecular weight excluding hydrogens is 527 g/mol. The Hall–Kier alpha value is -2.57. The molecule has 37 heavy (non-hydrogen) atoms. The van der Waals surface area contributed by atoms with Crippen molar-refractivity contribution < 1.29 is 31.2 Å². The number of halogens is 3. The molecule has 12 heteroatoms. The van der Waals surface area contributed by atoms with Gasteiger partial charge in [-0.05, 0) is 80.9 Å². The van der Waals surface area contributed by atoms with Crippen molar-refractivity contribution >= 4 is 33.4 Å². The van der Waals surface area contributed by atoms with Crippen molar-refractivity contribution in [3.05, 3.63) is 59.7 Å². The van der Waals surface area contributed by atoms with E-state index < -0.39 is 46.0 Å². The second-order valence-corrected chi connectivity index (χ2v) is 11.9. The van der Waals surface area contributed by atoms with Gasteiger partial charge in [-0.15, -0.1) is 11.8 Å². The molecule has 3 rings (SSSR count). The first-order chi connectivity index (χ1) is 17.4. The van der Waals surface area contributed by atoms with Crippen LogP contribution in [0.2, 0.25) is 0 Å². The second-order valence-electron chi connectivity index (χ2n) is 8.95. The Labute approximate surface area is 218 Å². The first-order valence-corrected chi connectivity index (χ1v) is 14.6. The van der Waals surface area contributed by atoms with Crippen LogP contribution in [0.4, 0.5) is 13.2 Å². The predicted octanol–water partition coefficient (Wildman–Crippen LogP) is 3.50. The summed E-state index contributed by atoms with van der Waals surface area (Å²) in [6, 6.07) is 10.3. The van der Waals surface area contributed by atoms with Gasteiger partial charge in [0.1, 0.15) is 0 Å². The van der Waals surface area contributed by atoms with Crippen LogP contribution in [-0.2, 0) is 20.8 Å². The summed E-state index contributed by atoms with van der Waals surface area (Å²) in [5, 5.41) is 8.33. The lowest BCUT2D eigenvalue weighted by Crippen LogP contribution is -2.51. The van der Waals surface area contributed by atoms with Gasteiger partial charge in [0.05, 0.1) is 22.8 Å². The number of thioether (sulfide) groups is 1. The van der Waals surface area contributed by atoms with Crippen molar-refractivity contribution in [1.82, 2.24) is 16.0 Å². The molecule has 0 radical (unpaired) electrons. The van der Waals surface area contributed by atoms with Gasteiger partial charge in [0, 0.05) is 22.5 Å². The lowest BCUT2D eigenvalue weighted by molar-refractivity contribution is -0.137. The Morgan fingerprint density at radius 2 is 1.78 bits per heavy atom. The molecule has 3 atom stereocenters. The Morgan fingerprint density at radius 3 is 2.41 bits per heavy atom. The lowest BCUT2D eigenvalue weighted by Gasteiger charge is -2.36. The standard InChI is InChI=1S/C25H30F3N3O4S2/c1-29-19-6-11-22(17(13-19)15-37(34,35)21-9-7-20(36-2)8-10-21)31-23(32)14-30-24(33)16-4-3-5-18(12-16)25(26,27)28/h3-5,7-10,12,17,19,22,29H,6,11,13-15H2,1-2H3,(H,30,33)(H,31,32)/t17-,19+,22-/m0/s1. The second kappa shape index (κ2) is 12.3. The zero-order chi connectivity index (χ0) is 27.2. The van der Waals surface area contributed by atoms with Crippen molar-refractivity contribution in [2.75, 3.05) is 25.6 Å². The molecule has 1 aliphatic rings. The van der Waals surface area contributed by atoms with E-state index in [9.17, 15) is 31.2 Å². The monoisotopic (exact) mass is 557 g/mol. The van der Waals surface area contributed by atoms with Gasteiger partial charge >= 0.3 is 6.18 Å². The molecule has 2 amide bonds. The molecule has 0 spiro atoms. The van der Waals surface area contributed by atoms with E-state index in [-0.39, 0.29) is 28.2 Å². The average Bonchev–Trinajstić information content (AvgIpc) is 2.87. The zero-order valence-corrected chi connectivity index (χ0v) is 22.1. The summed E-state index contributed by atoms with van der Waals surface area (Å²) in [7, 11) is -1.81. The Balaban J connectivity index is 1.64. The number of hydrogen-bond donors (Lipinski definition) is 3. The van der Waals surface area contributed by atoms with E-state index in [4.69, 9.17) is 0 Å². The fraction of sp³-hybridized carbons (Fsp3) is 0.440. The van der Waals surface area contributed by atoms with Gasteiger partial charge < -0.3 is 16.0 Å². The summed E-state index contributed by atoms with van der Waals surface area (Å²) in [6.07, 6.45) is -0.869. The van der Waals surface area contributed by atoms with Crippen LogP contribution in [0, 0.1) is 5.92 Å². The first kappa shape index (κ1) is 29.0. The molecule has 202 valence electrons. The van der Waals surface area contributed by atoms with E-state index in [1.807, 2.05) is 6.26 Å². The maximum atomic E-state index is 13.1. The molecular formula is C25H30F3N3O4S2. The van der Waals surface area contributed by atoms with E-state index in [0.717, 1.165) is 29.5 Å². The third-order valence-corrected chi connectivity index (χ3v) is 9.05. The van der Waals surface area contributed by atoms with Crippen LogP contribution in [0.25, 0.3) is 0 Å². The number of nitrogens with one attached hydrogen (secondary N) is 3. The highest BCUT2D eigenvalue weighted by Crippen LogP contribution is 2.30. The highest BCUT2D eigenvalue weighted by Gasteiger charge is 2.35. The summed E-state index contributed by atoms with van der Waals surface area (Å²) < 4.78 is 65.0. The summed E-state index contributed by atoms with van der Waals surface area (Å²) in [4.78, 5) is 26.1. The maximum absolute atomic E-state index is 13.1. The molecule has 2 aromatic rings. The fourth-order valence-electron chi connectivity index (χ4n) is 4.42. The normalized spacial score (nSPS) is 20.3. The smallest absolute Gasteiger partial charge is 0.352 e. The summed E-state index contributed by atoms with van der Waals surface area (Å²) in [5.41, 5.74) is -1.17. The van der Waals surface area contributed by atoms with Gasteiger partial charge in [0.2, 0.25) is 5.91 Å². The minimum absolute atomic E-state index is 0.104. The average molecular weight is 558 g/mol. The minimum Gasteiger partial charge on any atom is -0.352 e. The van der Waals surface area contributed by atoms with E-state index in [0.29, 0.717) is 12.8 Å². The van der Waals surface area contributed by atoms with Crippen LogP contribution in [0.3, 0.4) is 0 Å². The zero-order valence-electron chi connectivity index (χ0n) is 20.5. The van der Waals surface area contributed by atoms with Crippen molar-refractivity contribution in [2.45, 2.75) is 47.3 Å². The van der Waals surface area contributed by atoms with Gasteiger partial charge in [-0.1, -0.05) is 6.07 Å². The van der Waals surface area contributed by atoms with E-state index in [1.165, 1.54) is 17.8 Å². The molecule has 1 fully saturated rings. The van der Waals surface area contributed by atoms with Crippen molar-refractivity contribution in [3.63, 3.8) is 0 Å². The largest absolute Gasteiger partial charge is 0.416 e. The molecule has 7 nitrogen and oxygen atoms in total. The Morgan fingerprint density at radius 1 is 1.08 bits per heavy atom. The number of hydrogen-bond acceptors (Lipinski definition) is 6. The van der Waals surface area contributed by atoms with Gasteiger partial charge in [-0.25, -0.2) is 8.42 Å². The lowest BCUT2D eigenvalue weighted by atomic mass is 9.82. The van der Waals surface area contributed by atoms with Crippen LogP contribution in [0.15, 0.2) is 58.3 Å². The molecule has 0 aliphatic heterocycles. The summed E-state index contributed by atoms with van der Waals surface area (Å²) >= 11 is 1.51. The van der Waals surface area contributed by atoms with Gasteiger partial charge in [0.25, 0.3) is 5.91 Å². The number of benzene rings is 2. The van der Waals surface area contributed by atoms with Crippen LogP contribution in [0.5, 0.6) is 0 Å². The third kappa shape index (κ3) is 7.96. The van der Waals surface area contributed by atoms with E-state index >= 15 is 0 Å². The summed E-state index contributed by atoms with van der Waals surface area (Å²) in [6.45, 7) is -0.448. The summed E-state index contributed by atoms with van der Waals surface area (Å²) in [5.74, 6) is -1.86. The molecule has 0 heterocycles. The molecule has 0 bridgehead atoms. The highest BCUT2D eigenvalue weighted by molar-refractivity contribution is 7.98. The third-order valence-electron chi connectivity index (χ3n) is 6.45. The van der Waals surface area contributed by atoms with E-state index in [2.05, 4.69) is 16.0 Å². The molecule has 0 unspecified atom stereocenters. The van der Waals surface area contributed by atoms with Gasteiger partial charge in [0.15, 0.2) is 9.84 Å². The molecule has 3 N–H and O–H groups in total. The molecule has 0 saturated heterocycles. The van der Waals surface area contributed by atoms with Crippen molar-refractivity contribution in [2.24, 2.45) is 5.92 Å². The topological polar surface area (TPSA) is 104 Å². The Bertz CT molecular complexity index is 1200. The maximum Gasteiger partial charge on any atom is 0.416 e. The highest BCUT2D eigenvalue weighted by atomic mass is 32.2. The molecule has 1 saturated carbocycles. The van der Waals surface area contributed by atoms with Crippen molar-refractivity contribution in [1.29, 1.82) is 0 Å².